The number of nitrogens with zero attached hydrogens (tertiary/aromatic N) is 4. The molecule has 7 nitrogen and oxygen atoms in total. The highest BCUT2D eigenvalue weighted by Gasteiger charge is 2.19. The third-order valence-electron chi connectivity index (χ3n) is 2.86. The van der Waals surface area contributed by atoms with Crippen LogP contribution in [-0.4, -0.2) is 39.9 Å². The molecule has 0 amide bonds. The largest absolute Gasteiger partial charge is 0.486 e. The highest BCUT2D eigenvalue weighted by molar-refractivity contribution is 14.1. The van der Waals surface area contributed by atoms with Crippen molar-refractivity contribution in [3.05, 3.63) is 33.9 Å². The highest BCUT2D eigenvalue weighted by Crippen LogP contribution is 2.34. The molecule has 0 radical (unpaired) electrons. The molecule has 0 bridgehead atoms. The summed E-state index contributed by atoms with van der Waals surface area (Å²) >= 11 is 2.23. The number of hydrogen-bond acceptors (Lipinski definition) is 6. The molecule has 0 atom stereocenters. The molecule has 0 unspecified atom stereocenters. The highest BCUT2D eigenvalue weighted by atomic mass is 127. The lowest BCUT2D eigenvalue weighted by Gasteiger charge is -2.20. The van der Waals surface area contributed by atoms with Crippen molar-refractivity contribution in [3.8, 4) is 11.5 Å². The molecule has 2 aromatic rings. The van der Waals surface area contributed by atoms with Crippen LogP contribution >= 0.6 is 22.6 Å². The third kappa shape index (κ3) is 3.16. The fourth-order valence-corrected chi connectivity index (χ4v) is 2.60. The molecule has 1 aromatic heterocycles. The molecule has 2 heterocycles. The fraction of sp³-hybridized carbons (Fsp3) is 0.357. The van der Waals surface area contributed by atoms with E-state index in [0.717, 1.165) is 14.9 Å². The van der Waals surface area contributed by atoms with Crippen LogP contribution in [0.4, 0.5) is 0 Å². The average Bonchev–Trinajstić information content (AvgIpc) is 3.01. The van der Waals surface area contributed by atoms with E-state index in [0.29, 0.717) is 24.8 Å². The van der Waals surface area contributed by atoms with Gasteiger partial charge in [-0.05, 0) is 48.6 Å². The van der Waals surface area contributed by atoms with Gasteiger partial charge in [-0.15, -0.1) is 0 Å². The second-order valence-electron chi connectivity index (χ2n) is 4.88. The van der Waals surface area contributed by atoms with Gasteiger partial charge in [0.15, 0.2) is 11.5 Å². The molecule has 22 heavy (non-hydrogen) atoms. The number of hydrogen-bond donors (Lipinski definition) is 0. The minimum Gasteiger partial charge on any atom is -0.486 e. The first-order chi connectivity index (χ1) is 10.6. The summed E-state index contributed by atoms with van der Waals surface area (Å²) in [6.07, 6.45) is 3.00. The van der Waals surface area contributed by atoms with Crippen LogP contribution < -0.4 is 9.47 Å². The van der Waals surface area contributed by atoms with E-state index in [1.54, 1.807) is 11.0 Å². The Bertz CT molecular complexity index is 686. The summed E-state index contributed by atoms with van der Waals surface area (Å²) < 4.78 is 13.8. The maximum atomic E-state index is 5.64. The van der Waals surface area contributed by atoms with Crippen LogP contribution in [0.25, 0.3) is 0 Å². The summed E-state index contributed by atoms with van der Waals surface area (Å²) in [6, 6.07) is 3.81. The summed E-state index contributed by atoms with van der Waals surface area (Å²) in [4.78, 5) is 9.38. The van der Waals surface area contributed by atoms with Crippen LogP contribution in [0.5, 0.6) is 11.5 Å². The average molecular weight is 414 g/mol. The van der Waals surface area contributed by atoms with E-state index in [1.807, 2.05) is 26.0 Å². The van der Waals surface area contributed by atoms with Crippen molar-refractivity contribution in [1.29, 1.82) is 0 Å². The lowest BCUT2D eigenvalue weighted by molar-refractivity contribution is 0.0851. The van der Waals surface area contributed by atoms with Crippen LogP contribution in [0.2, 0.25) is 0 Å². The maximum Gasteiger partial charge on any atom is 0.202 e. The van der Waals surface area contributed by atoms with Gasteiger partial charge in [-0.1, -0.05) is 5.16 Å². The van der Waals surface area contributed by atoms with Gasteiger partial charge < -0.3 is 14.3 Å². The van der Waals surface area contributed by atoms with Crippen molar-refractivity contribution in [3.63, 3.8) is 0 Å². The molecule has 1 aromatic carbocycles. The Morgan fingerprint density at radius 1 is 1.32 bits per heavy atom. The molecule has 0 N–H and O–H groups in total. The molecular formula is C14H15IN4O3. The summed E-state index contributed by atoms with van der Waals surface area (Å²) in [5.41, 5.74) is 0.844. The minimum atomic E-state index is -0.0339. The number of oxime groups is 1. The first-order valence-corrected chi connectivity index (χ1v) is 7.91. The van der Waals surface area contributed by atoms with E-state index >= 15 is 0 Å². The molecule has 0 aliphatic carbocycles. The van der Waals surface area contributed by atoms with Crippen molar-refractivity contribution >= 4 is 28.4 Å². The Hall–Kier alpha value is -1.84. The first-order valence-electron chi connectivity index (χ1n) is 6.83. The van der Waals surface area contributed by atoms with Gasteiger partial charge in [0.1, 0.15) is 32.0 Å². The van der Waals surface area contributed by atoms with E-state index in [1.165, 1.54) is 6.33 Å². The number of rotatable bonds is 3. The second kappa shape index (κ2) is 6.51. The lowest BCUT2D eigenvalue weighted by atomic mass is 10.1. The zero-order valence-corrected chi connectivity index (χ0v) is 14.4. The molecule has 0 spiro atoms. The maximum absolute atomic E-state index is 5.64. The fourth-order valence-electron chi connectivity index (χ4n) is 1.92. The van der Waals surface area contributed by atoms with Crippen LogP contribution in [-0.2, 0) is 4.84 Å². The second-order valence-corrected chi connectivity index (χ2v) is 6.05. The van der Waals surface area contributed by atoms with Gasteiger partial charge in [-0.25, -0.2) is 4.98 Å². The van der Waals surface area contributed by atoms with E-state index in [9.17, 15) is 0 Å². The van der Waals surface area contributed by atoms with Crippen molar-refractivity contribution in [2.24, 2.45) is 5.16 Å². The van der Waals surface area contributed by atoms with Crippen LogP contribution in [0.3, 0.4) is 0 Å². The monoisotopic (exact) mass is 414 g/mol. The van der Waals surface area contributed by atoms with Gasteiger partial charge in [0.05, 0.1) is 0 Å². The minimum absolute atomic E-state index is 0.0339. The van der Waals surface area contributed by atoms with E-state index in [-0.39, 0.29) is 6.10 Å². The van der Waals surface area contributed by atoms with Gasteiger partial charge in [0.2, 0.25) is 5.84 Å². The predicted molar refractivity (Wildman–Crippen MR) is 88.3 cm³/mol. The SMILES string of the molecule is CC(C)O/N=C(/c1cc2c(cc1I)OCCO2)n1cncn1. The van der Waals surface area contributed by atoms with Crippen molar-refractivity contribution in [1.82, 2.24) is 14.8 Å². The first kappa shape index (κ1) is 15.1. The van der Waals surface area contributed by atoms with Gasteiger partial charge in [0, 0.05) is 9.13 Å². The molecule has 0 saturated heterocycles. The topological polar surface area (TPSA) is 70.8 Å². The number of halogens is 1. The van der Waals surface area contributed by atoms with Crippen molar-refractivity contribution in [2.75, 3.05) is 13.2 Å². The molecule has 1 aliphatic heterocycles. The summed E-state index contributed by atoms with van der Waals surface area (Å²) in [6.45, 7) is 4.92. The molecule has 8 heteroatoms. The number of fused-ring (bicyclic) bond motifs is 1. The Balaban J connectivity index is 2.06. The van der Waals surface area contributed by atoms with E-state index in [4.69, 9.17) is 14.3 Å². The van der Waals surface area contributed by atoms with E-state index in [2.05, 4.69) is 37.8 Å². The Morgan fingerprint density at radius 3 is 2.68 bits per heavy atom. The zero-order chi connectivity index (χ0) is 15.5. The van der Waals surface area contributed by atoms with Gasteiger partial charge >= 0.3 is 0 Å². The van der Waals surface area contributed by atoms with E-state index < -0.39 is 0 Å². The number of benzene rings is 1. The lowest BCUT2D eigenvalue weighted by Crippen LogP contribution is -2.20. The summed E-state index contributed by atoms with van der Waals surface area (Å²) in [5, 5.41) is 8.37. The van der Waals surface area contributed by atoms with Crippen LogP contribution in [0.1, 0.15) is 19.4 Å². The predicted octanol–water partition coefficient (Wildman–Crippen LogP) is 2.29. The Kier molecular flexibility index (Phi) is 4.46. The quantitative estimate of drug-likeness (QED) is 0.334. The standard InChI is InChI=1S/C14H15IN4O3/c1-9(2)22-18-14(19-8-16-7-17-19)10-5-12-13(6-11(10)15)21-4-3-20-12/h5-9H,3-4H2,1-2H3/b18-14-. The molecule has 3 rings (SSSR count). The normalized spacial score (nSPS) is 14.3. The summed E-state index contributed by atoms with van der Waals surface area (Å²) in [7, 11) is 0. The molecule has 0 saturated carbocycles. The van der Waals surface area contributed by atoms with Crippen LogP contribution in [0.15, 0.2) is 29.9 Å². The third-order valence-corrected chi connectivity index (χ3v) is 3.75. The molecule has 1 aliphatic rings. The zero-order valence-electron chi connectivity index (χ0n) is 12.2. The Labute approximate surface area is 141 Å². The number of ether oxygens (including phenoxy) is 2. The van der Waals surface area contributed by atoms with Crippen LogP contribution in [0, 0.1) is 3.57 Å². The molecule has 116 valence electrons. The van der Waals surface area contributed by atoms with Crippen molar-refractivity contribution in [2.45, 2.75) is 20.0 Å². The van der Waals surface area contributed by atoms with Gasteiger partial charge in [-0.3, -0.25) is 0 Å². The van der Waals surface area contributed by atoms with Crippen molar-refractivity contribution < 1.29 is 14.3 Å². The van der Waals surface area contributed by atoms with Gasteiger partial charge in [0.25, 0.3) is 0 Å². The summed E-state index contributed by atoms with van der Waals surface area (Å²) in [5.74, 6) is 1.98. The molecular weight excluding hydrogens is 399 g/mol. The Morgan fingerprint density at radius 2 is 2.05 bits per heavy atom. The number of aromatic nitrogens is 3. The molecule has 0 fully saturated rings. The smallest absolute Gasteiger partial charge is 0.202 e. The van der Waals surface area contributed by atoms with Gasteiger partial charge in [-0.2, -0.15) is 9.78 Å².